The zero-order chi connectivity index (χ0) is 17.9. The Balaban J connectivity index is 1.57. The van der Waals surface area contributed by atoms with Crippen molar-refractivity contribution in [2.75, 3.05) is 31.1 Å². The number of rotatable bonds is 3. The highest BCUT2D eigenvalue weighted by Crippen LogP contribution is 2.23. The number of carbonyl (C=O) groups is 1. The Morgan fingerprint density at radius 1 is 1.15 bits per heavy atom. The maximum absolute atomic E-state index is 12.7. The standard InChI is InChI=1S/C19H28N6O/c1-24-18-15(6-7-16(22-18)25-12-4-2-3-5-13-25)17(23-24)19(26)21-14-8-10-20-11-9-14/h6-7,14,20H,2-5,8-13H2,1H3,(H,21,26). The van der Waals surface area contributed by atoms with Crippen molar-refractivity contribution >= 4 is 22.8 Å². The monoisotopic (exact) mass is 356 g/mol. The van der Waals surface area contributed by atoms with E-state index >= 15 is 0 Å². The Morgan fingerprint density at radius 2 is 1.88 bits per heavy atom. The van der Waals surface area contributed by atoms with Crippen LogP contribution in [-0.4, -0.2) is 52.9 Å². The van der Waals surface area contributed by atoms with Crippen LogP contribution < -0.4 is 15.5 Å². The molecule has 4 rings (SSSR count). The lowest BCUT2D eigenvalue weighted by molar-refractivity contribution is 0.0925. The van der Waals surface area contributed by atoms with E-state index in [9.17, 15) is 4.79 Å². The summed E-state index contributed by atoms with van der Waals surface area (Å²) in [5.74, 6) is 0.902. The smallest absolute Gasteiger partial charge is 0.272 e. The topological polar surface area (TPSA) is 75.1 Å². The second-order valence-corrected chi connectivity index (χ2v) is 7.41. The summed E-state index contributed by atoms with van der Waals surface area (Å²) >= 11 is 0. The van der Waals surface area contributed by atoms with Gasteiger partial charge in [0.2, 0.25) is 0 Å². The van der Waals surface area contributed by atoms with Crippen molar-refractivity contribution in [3.63, 3.8) is 0 Å². The Kier molecular flexibility index (Phi) is 5.06. The zero-order valence-electron chi connectivity index (χ0n) is 15.5. The molecule has 2 aliphatic rings. The van der Waals surface area contributed by atoms with Crippen LogP contribution in [0.4, 0.5) is 5.82 Å². The molecule has 0 saturated carbocycles. The van der Waals surface area contributed by atoms with E-state index < -0.39 is 0 Å². The lowest BCUT2D eigenvalue weighted by Crippen LogP contribution is -2.42. The second kappa shape index (κ2) is 7.61. The molecule has 1 amide bonds. The first-order chi connectivity index (χ1) is 12.7. The summed E-state index contributed by atoms with van der Waals surface area (Å²) in [6.07, 6.45) is 6.96. The van der Waals surface area contributed by atoms with E-state index in [2.05, 4.69) is 20.6 Å². The third-order valence-corrected chi connectivity index (χ3v) is 5.49. The molecule has 7 heteroatoms. The number of pyridine rings is 1. The van der Waals surface area contributed by atoms with Gasteiger partial charge in [-0.05, 0) is 50.9 Å². The number of anilines is 1. The summed E-state index contributed by atoms with van der Waals surface area (Å²) in [5.41, 5.74) is 1.26. The molecule has 2 fully saturated rings. The molecule has 7 nitrogen and oxygen atoms in total. The lowest BCUT2D eigenvalue weighted by Gasteiger charge is -2.23. The van der Waals surface area contributed by atoms with Crippen LogP contribution in [-0.2, 0) is 7.05 Å². The number of aryl methyl sites for hydroxylation is 1. The summed E-state index contributed by atoms with van der Waals surface area (Å²) in [6, 6.07) is 4.27. The summed E-state index contributed by atoms with van der Waals surface area (Å²) < 4.78 is 1.73. The maximum Gasteiger partial charge on any atom is 0.272 e. The SMILES string of the molecule is Cn1nc(C(=O)NC2CCNCC2)c2ccc(N3CCCCCC3)nc21. The van der Waals surface area contributed by atoms with Gasteiger partial charge < -0.3 is 15.5 Å². The van der Waals surface area contributed by atoms with Crippen LogP contribution in [0.15, 0.2) is 12.1 Å². The average Bonchev–Trinajstić information content (AvgIpc) is 2.84. The van der Waals surface area contributed by atoms with E-state index in [1.165, 1.54) is 25.7 Å². The first kappa shape index (κ1) is 17.3. The molecular formula is C19H28N6O. The summed E-state index contributed by atoms with van der Waals surface area (Å²) in [4.78, 5) is 19.9. The number of aromatic nitrogens is 3. The van der Waals surface area contributed by atoms with Gasteiger partial charge in [0.1, 0.15) is 5.82 Å². The molecule has 2 aliphatic heterocycles. The first-order valence-electron chi connectivity index (χ1n) is 9.82. The predicted molar refractivity (Wildman–Crippen MR) is 103 cm³/mol. The number of fused-ring (bicyclic) bond motifs is 1. The quantitative estimate of drug-likeness (QED) is 0.878. The van der Waals surface area contributed by atoms with E-state index in [4.69, 9.17) is 4.98 Å². The number of carbonyl (C=O) groups excluding carboxylic acids is 1. The normalized spacial score (nSPS) is 19.5. The number of piperidine rings is 1. The number of nitrogens with one attached hydrogen (secondary N) is 2. The molecular weight excluding hydrogens is 328 g/mol. The van der Waals surface area contributed by atoms with Gasteiger partial charge in [-0.1, -0.05) is 12.8 Å². The summed E-state index contributed by atoms with van der Waals surface area (Å²) in [7, 11) is 1.86. The molecule has 0 unspecified atom stereocenters. The highest BCUT2D eigenvalue weighted by molar-refractivity contribution is 6.04. The van der Waals surface area contributed by atoms with Crippen LogP contribution in [0.5, 0.6) is 0 Å². The largest absolute Gasteiger partial charge is 0.357 e. The summed E-state index contributed by atoms with van der Waals surface area (Å²) in [5, 5.41) is 11.8. The average molecular weight is 356 g/mol. The molecule has 0 bridgehead atoms. The zero-order valence-corrected chi connectivity index (χ0v) is 15.5. The van der Waals surface area contributed by atoms with Crippen LogP contribution in [0, 0.1) is 0 Å². The van der Waals surface area contributed by atoms with Crippen molar-refractivity contribution in [1.82, 2.24) is 25.4 Å². The van der Waals surface area contributed by atoms with Gasteiger partial charge in [0.05, 0.1) is 5.39 Å². The van der Waals surface area contributed by atoms with E-state index in [1.807, 2.05) is 19.2 Å². The lowest BCUT2D eigenvalue weighted by atomic mass is 10.1. The highest BCUT2D eigenvalue weighted by Gasteiger charge is 2.22. The van der Waals surface area contributed by atoms with Gasteiger partial charge in [0.15, 0.2) is 11.3 Å². The van der Waals surface area contributed by atoms with Crippen LogP contribution in [0.2, 0.25) is 0 Å². The van der Waals surface area contributed by atoms with Crippen molar-refractivity contribution in [3.05, 3.63) is 17.8 Å². The van der Waals surface area contributed by atoms with E-state index in [0.717, 1.165) is 55.9 Å². The Morgan fingerprint density at radius 3 is 2.62 bits per heavy atom. The summed E-state index contributed by atoms with van der Waals surface area (Å²) in [6.45, 7) is 4.02. The molecule has 140 valence electrons. The Bertz CT molecular complexity index is 772. The maximum atomic E-state index is 12.7. The fourth-order valence-electron chi connectivity index (χ4n) is 3.98. The number of nitrogens with zero attached hydrogens (tertiary/aromatic N) is 4. The van der Waals surface area contributed by atoms with Crippen molar-refractivity contribution < 1.29 is 4.79 Å². The van der Waals surface area contributed by atoms with Gasteiger partial charge in [0, 0.05) is 26.2 Å². The molecule has 0 spiro atoms. The third kappa shape index (κ3) is 3.53. The van der Waals surface area contributed by atoms with Crippen LogP contribution in [0.1, 0.15) is 49.0 Å². The fraction of sp³-hybridized carbons (Fsp3) is 0.632. The number of hydrogen-bond acceptors (Lipinski definition) is 5. The number of hydrogen-bond donors (Lipinski definition) is 2. The van der Waals surface area contributed by atoms with Gasteiger partial charge in [-0.2, -0.15) is 5.10 Å². The van der Waals surface area contributed by atoms with Crippen LogP contribution in [0.3, 0.4) is 0 Å². The van der Waals surface area contributed by atoms with Crippen LogP contribution in [0.25, 0.3) is 11.0 Å². The Hall–Kier alpha value is -2.15. The molecule has 0 aromatic carbocycles. The third-order valence-electron chi connectivity index (χ3n) is 5.49. The molecule has 26 heavy (non-hydrogen) atoms. The van der Waals surface area contributed by atoms with Crippen molar-refractivity contribution in [2.24, 2.45) is 7.05 Å². The van der Waals surface area contributed by atoms with Gasteiger partial charge in [0.25, 0.3) is 5.91 Å². The van der Waals surface area contributed by atoms with E-state index in [-0.39, 0.29) is 11.9 Å². The molecule has 0 radical (unpaired) electrons. The molecule has 2 N–H and O–H groups in total. The minimum absolute atomic E-state index is 0.0909. The minimum atomic E-state index is -0.0909. The molecule has 0 atom stereocenters. The van der Waals surface area contributed by atoms with Crippen molar-refractivity contribution in [3.8, 4) is 0 Å². The fourth-order valence-corrected chi connectivity index (χ4v) is 3.98. The van der Waals surface area contributed by atoms with E-state index in [1.54, 1.807) is 4.68 Å². The molecule has 2 aromatic heterocycles. The first-order valence-corrected chi connectivity index (χ1v) is 9.82. The predicted octanol–water partition coefficient (Wildman–Crippen LogP) is 1.83. The molecule has 2 saturated heterocycles. The van der Waals surface area contributed by atoms with Crippen molar-refractivity contribution in [1.29, 1.82) is 0 Å². The van der Waals surface area contributed by atoms with Gasteiger partial charge in [-0.25, -0.2) is 9.67 Å². The van der Waals surface area contributed by atoms with Crippen LogP contribution >= 0.6 is 0 Å². The van der Waals surface area contributed by atoms with Gasteiger partial charge in [-0.3, -0.25) is 4.79 Å². The Labute approximate surface area is 154 Å². The van der Waals surface area contributed by atoms with Gasteiger partial charge >= 0.3 is 0 Å². The molecule has 0 aliphatic carbocycles. The van der Waals surface area contributed by atoms with Crippen molar-refractivity contribution in [2.45, 2.75) is 44.6 Å². The van der Waals surface area contributed by atoms with E-state index in [0.29, 0.717) is 5.69 Å². The highest BCUT2D eigenvalue weighted by atomic mass is 16.2. The molecule has 4 heterocycles. The molecule has 2 aromatic rings. The van der Waals surface area contributed by atoms with Gasteiger partial charge in [-0.15, -0.1) is 0 Å². The number of amides is 1. The minimum Gasteiger partial charge on any atom is -0.357 e. The second-order valence-electron chi connectivity index (χ2n) is 7.41.